The number of amides is 2. The third-order valence-electron chi connectivity index (χ3n) is 4.09. The molecule has 0 heterocycles. The molecule has 7 heteroatoms. The van der Waals surface area contributed by atoms with Crippen LogP contribution in [0, 0.1) is 0 Å². The van der Waals surface area contributed by atoms with Crippen molar-refractivity contribution in [3.05, 3.63) is 65.7 Å². The quantitative estimate of drug-likeness (QED) is 0.320. The average Bonchev–Trinajstić information content (AvgIpc) is 2.74. The summed E-state index contributed by atoms with van der Waals surface area (Å²) in [6.07, 6.45) is 4.99. The van der Waals surface area contributed by atoms with Crippen LogP contribution in [-0.4, -0.2) is 30.1 Å². The minimum atomic E-state index is -0.369. The van der Waals surface area contributed by atoms with E-state index in [1.165, 1.54) is 6.08 Å². The lowest BCUT2D eigenvalue weighted by Crippen LogP contribution is -2.34. The molecule has 0 saturated heterocycles. The van der Waals surface area contributed by atoms with E-state index in [4.69, 9.17) is 17.0 Å². The summed E-state index contributed by atoms with van der Waals surface area (Å²) in [4.78, 5) is 24.5. The maximum atomic E-state index is 12.4. The third kappa shape index (κ3) is 7.67. The minimum Gasteiger partial charge on any atom is -0.494 e. The van der Waals surface area contributed by atoms with Gasteiger partial charge in [-0.15, -0.1) is 0 Å². The Labute approximate surface area is 182 Å². The van der Waals surface area contributed by atoms with Crippen LogP contribution in [-0.2, 0) is 4.79 Å². The molecule has 0 radical (unpaired) electrons. The zero-order valence-corrected chi connectivity index (χ0v) is 18.1. The van der Waals surface area contributed by atoms with Crippen molar-refractivity contribution in [1.29, 1.82) is 0 Å². The molecule has 2 rings (SSSR count). The summed E-state index contributed by atoms with van der Waals surface area (Å²) >= 11 is 5.22. The van der Waals surface area contributed by atoms with Crippen LogP contribution in [0.2, 0.25) is 0 Å². The number of carbonyl (C=O) groups excluding carboxylic acids is 2. The zero-order chi connectivity index (χ0) is 21.8. The van der Waals surface area contributed by atoms with Gasteiger partial charge in [-0.05, 0) is 61.5 Å². The monoisotopic (exact) mass is 425 g/mol. The summed E-state index contributed by atoms with van der Waals surface area (Å²) in [6, 6.07) is 14.4. The fraction of sp³-hybridized carbons (Fsp3) is 0.261. The van der Waals surface area contributed by atoms with E-state index in [2.05, 4.69) is 22.9 Å². The second-order valence-corrected chi connectivity index (χ2v) is 6.84. The van der Waals surface area contributed by atoms with Crippen molar-refractivity contribution >= 4 is 40.9 Å². The summed E-state index contributed by atoms with van der Waals surface area (Å²) < 4.78 is 5.39. The molecule has 0 bridgehead atoms. The van der Waals surface area contributed by atoms with Gasteiger partial charge in [0.2, 0.25) is 5.91 Å². The fourth-order valence-corrected chi connectivity index (χ4v) is 2.80. The number of hydrogen-bond acceptors (Lipinski definition) is 4. The molecule has 0 aliphatic rings. The van der Waals surface area contributed by atoms with Crippen LogP contribution in [0.5, 0.6) is 5.75 Å². The number of ether oxygens (including phenoxy) is 1. The van der Waals surface area contributed by atoms with Crippen LogP contribution in [0.4, 0.5) is 5.69 Å². The lowest BCUT2D eigenvalue weighted by molar-refractivity contribution is -0.115. The highest BCUT2D eigenvalue weighted by atomic mass is 32.1. The van der Waals surface area contributed by atoms with Crippen LogP contribution in [0.3, 0.4) is 0 Å². The Morgan fingerprint density at radius 2 is 1.80 bits per heavy atom. The molecule has 6 nitrogen and oxygen atoms in total. The number of nitrogens with one attached hydrogen (secondary N) is 3. The molecule has 0 aliphatic heterocycles. The van der Waals surface area contributed by atoms with E-state index in [1.807, 2.05) is 31.2 Å². The number of carbonyl (C=O) groups is 2. The third-order valence-corrected chi connectivity index (χ3v) is 4.29. The predicted molar refractivity (Wildman–Crippen MR) is 125 cm³/mol. The predicted octanol–water partition coefficient (Wildman–Crippen LogP) is 4.14. The summed E-state index contributed by atoms with van der Waals surface area (Å²) in [7, 11) is 0. The normalized spacial score (nSPS) is 10.5. The Kier molecular flexibility index (Phi) is 9.54. The summed E-state index contributed by atoms with van der Waals surface area (Å²) in [6.45, 7) is 5.20. The molecule has 2 aromatic carbocycles. The van der Waals surface area contributed by atoms with Gasteiger partial charge >= 0.3 is 0 Å². The maximum absolute atomic E-state index is 12.4. The van der Waals surface area contributed by atoms with E-state index in [0.717, 1.165) is 24.2 Å². The average molecular weight is 426 g/mol. The molecule has 0 aliphatic carbocycles. The Bertz CT molecular complexity index is 895. The van der Waals surface area contributed by atoms with Gasteiger partial charge in [-0.1, -0.05) is 37.6 Å². The number of para-hydroxylation sites is 1. The van der Waals surface area contributed by atoms with Gasteiger partial charge in [0, 0.05) is 12.6 Å². The molecule has 0 fully saturated rings. The van der Waals surface area contributed by atoms with Crippen LogP contribution >= 0.6 is 12.2 Å². The van der Waals surface area contributed by atoms with Crippen molar-refractivity contribution in [2.24, 2.45) is 0 Å². The van der Waals surface area contributed by atoms with E-state index < -0.39 is 0 Å². The van der Waals surface area contributed by atoms with E-state index >= 15 is 0 Å². The molecule has 158 valence electrons. The summed E-state index contributed by atoms with van der Waals surface area (Å²) in [5.41, 5.74) is 1.86. The van der Waals surface area contributed by atoms with Gasteiger partial charge < -0.3 is 15.4 Å². The molecule has 0 saturated carbocycles. The maximum Gasteiger partial charge on any atom is 0.253 e. The number of hydrogen-bond donors (Lipinski definition) is 3. The van der Waals surface area contributed by atoms with Gasteiger partial charge in [0.1, 0.15) is 5.75 Å². The van der Waals surface area contributed by atoms with Gasteiger partial charge in [0.05, 0.1) is 17.9 Å². The first-order chi connectivity index (χ1) is 14.5. The first-order valence-corrected chi connectivity index (χ1v) is 10.3. The van der Waals surface area contributed by atoms with E-state index in [9.17, 15) is 9.59 Å². The first kappa shape index (κ1) is 23.1. The van der Waals surface area contributed by atoms with Crippen molar-refractivity contribution in [2.75, 3.05) is 18.5 Å². The Morgan fingerprint density at radius 1 is 1.07 bits per heavy atom. The first-order valence-electron chi connectivity index (χ1n) is 9.93. The lowest BCUT2D eigenvalue weighted by atomic mass is 10.1. The number of thiocarbonyl (C=S) groups is 1. The van der Waals surface area contributed by atoms with Crippen LogP contribution in [0.1, 0.15) is 42.6 Å². The molecule has 0 unspecified atom stereocenters. The fourth-order valence-electron chi connectivity index (χ4n) is 2.58. The molecule has 0 aromatic heterocycles. The number of anilines is 1. The summed E-state index contributed by atoms with van der Waals surface area (Å²) in [5.74, 6) is 0.226. The molecule has 2 amide bonds. The minimum absolute atomic E-state index is 0.116. The molecular weight excluding hydrogens is 398 g/mol. The van der Waals surface area contributed by atoms with Gasteiger partial charge in [0.15, 0.2) is 5.11 Å². The molecule has 30 heavy (non-hydrogen) atoms. The molecule has 3 N–H and O–H groups in total. The number of benzene rings is 2. The Morgan fingerprint density at radius 3 is 2.50 bits per heavy atom. The highest BCUT2D eigenvalue weighted by Crippen LogP contribution is 2.15. The Balaban J connectivity index is 1.92. The van der Waals surface area contributed by atoms with Crippen molar-refractivity contribution in [1.82, 2.24) is 10.6 Å². The van der Waals surface area contributed by atoms with Crippen molar-refractivity contribution < 1.29 is 14.3 Å². The van der Waals surface area contributed by atoms with Gasteiger partial charge in [0.25, 0.3) is 5.91 Å². The molecule has 0 atom stereocenters. The van der Waals surface area contributed by atoms with E-state index in [0.29, 0.717) is 24.4 Å². The van der Waals surface area contributed by atoms with Gasteiger partial charge in [-0.3, -0.25) is 14.9 Å². The molecule has 0 spiro atoms. The smallest absolute Gasteiger partial charge is 0.253 e. The van der Waals surface area contributed by atoms with Crippen molar-refractivity contribution in [3.63, 3.8) is 0 Å². The topological polar surface area (TPSA) is 79.5 Å². The van der Waals surface area contributed by atoms with E-state index in [1.54, 1.807) is 30.3 Å². The second kappa shape index (κ2) is 12.4. The zero-order valence-electron chi connectivity index (χ0n) is 17.2. The van der Waals surface area contributed by atoms with Gasteiger partial charge in [-0.2, -0.15) is 0 Å². The van der Waals surface area contributed by atoms with Crippen molar-refractivity contribution in [3.8, 4) is 5.75 Å². The standard InChI is InChI=1S/C23H27N3O3S/c1-3-5-16-24-22(28)19-8-6-7-9-20(19)25-23(30)26-21(27)15-12-17-10-13-18(14-11-17)29-4-2/h6-15H,3-5,16H2,1-2H3,(H,24,28)(H2,25,26,27,30)/b15-12+. The highest BCUT2D eigenvalue weighted by Gasteiger charge is 2.12. The molecule has 2 aromatic rings. The highest BCUT2D eigenvalue weighted by molar-refractivity contribution is 7.80. The lowest BCUT2D eigenvalue weighted by Gasteiger charge is -2.13. The summed E-state index contributed by atoms with van der Waals surface area (Å²) in [5, 5.41) is 8.50. The largest absolute Gasteiger partial charge is 0.494 e. The number of rotatable bonds is 9. The number of unbranched alkanes of at least 4 members (excludes halogenated alkanes) is 1. The second-order valence-electron chi connectivity index (χ2n) is 6.43. The van der Waals surface area contributed by atoms with Crippen LogP contribution in [0.25, 0.3) is 6.08 Å². The SMILES string of the molecule is CCCCNC(=O)c1ccccc1NC(=S)NC(=O)/C=C/c1ccc(OCC)cc1. The molecular formula is C23H27N3O3S. The van der Waals surface area contributed by atoms with Crippen LogP contribution < -0.4 is 20.7 Å². The van der Waals surface area contributed by atoms with E-state index in [-0.39, 0.29) is 16.9 Å². The Hall–Kier alpha value is -3.19. The van der Waals surface area contributed by atoms with Crippen LogP contribution in [0.15, 0.2) is 54.6 Å². The van der Waals surface area contributed by atoms with Gasteiger partial charge in [-0.25, -0.2) is 0 Å². The van der Waals surface area contributed by atoms with Crippen molar-refractivity contribution in [2.45, 2.75) is 26.7 Å².